The molecule has 0 radical (unpaired) electrons. The molecule has 0 aromatic heterocycles. The summed E-state index contributed by atoms with van der Waals surface area (Å²) in [5.41, 5.74) is 8.41. The van der Waals surface area contributed by atoms with Crippen molar-refractivity contribution in [1.82, 2.24) is 5.32 Å². The van der Waals surface area contributed by atoms with E-state index < -0.39 is 0 Å². The Bertz CT molecular complexity index is 692. The highest BCUT2D eigenvalue weighted by Gasteiger charge is 2.50. The molecule has 1 amide bonds. The lowest BCUT2D eigenvalue weighted by atomic mass is 9.49. The topological polar surface area (TPSA) is 55.1 Å². The SMILES string of the molecule is CCC[C@@]12CCC[C@@](c3ccccc3)(CC(CCC(=O)N[C@H]3CC[C@@H](N)CC3)C1)C2. The first kappa shape index (κ1) is 21.9. The van der Waals surface area contributed by atoms with Crippen molar-refractivity contribution < 1.29 is 4.79 Å². The summed E-state index contributed by atoms with van der Waals surface area (Å²) in [6, 6.07) is 12.0. The molecule has 3 fully saturated rings. The van der Waals surface area contributed by atoms with Crippen LogP contribution in [0.2, 0.25) is 0 Å². The number of fused-ring (bicyclic) bond motifs is 2. The molecule has 3 N–H and O–H groups in total. The molecular formula is C27H42N2O. The fourth-order valence-corrected chi connectivity index (χ4v) is 7.39. The average molecular weight is 411 g/mol. The van der Waals surface area contributed by atoms with Crippen LogP contribution >= 0.6 is 0 Å². The van der Waals surface area contributed by atoms with Crippen LogP contribution in [0.25, 0.3) is 0 Å². The smallest absolute Gasteiger partial charge is 0.220 e. The lowest BCUT2D eigenvalue weighted by molar-refractivity contribution is -0.122. The number of amides is 1. The number of hydrogen-bond acceptors (Lipinski definition) is 2. The third-order valence-corrected chi connectivity index (χ3v) is 8.56. The summed E-state index contributed by atoms with van der Waals surface area (Å²) in [7, 11) is 0. The number of rotatable bonds is 7. The molecule has 4 rings (SSSR count). The lowest BCUT2D eigenvalue weighted by Gasteiger charge is -2.56. The Balaban J connectivity index is 1.41. The molecule has 3 nitrogen and oxygen atoms in total. The zero-order valence-electron chi connectivity index (χ0n) is 19.0. The minimum atomic E-state index is 0.268. The van der Waals surface area contributed by atoms with Gasteiger partial charge in [0.05, 0.1) is 0 Å². The van der Waals surface area contributed by atoms with Gasteiger partial charge < -0.3 is 11.1 Å². The monoisotopic (exact) mass is 410 g/mol. The maximum absolute atomic E-state index is 12.7. The summed E-state index contributed by atoms with van der Waals surface area (Å²) < 4.78 is 0. The number of carbonyl (C=O) groups excluding carboxylic acids is 1. The van der Waals surface area contributed by atoms with Gasteiger partial charge in [-0.05, 0) is 92.9 Å². The Kier molecular flexibility index (Phi) is 6.87. The molecule has 3 heteroatoms. The second kappa shape index (κ2) is 9.42. The van der Waals surface area contributed by atoms with Crippen LogP contribution in [-0.2, 0) is 10.2 Å². The molecule has 0 aliphatic heterocycles. The van der Waals surface area contributed by atoms with Gasteiger partial charge in [-0.15, -0.1) is 0 Å². The molecule has 1 aromatic rings. The van der Waals surface area contributed by atoms with E-state index in [1.54, 1.807) is 5.56 Å². The van der Waals surface area contributed by atoms with Crippen LogP contribution in [0.1, 0.15) is 102 Å². The number of nitrogens with one attached hydrogen (secondary N) is 1. The van der Waals surface area contributed by atoms with Crippen molar-refractivity contribution in [1.29, 1.82) is 0 Å². The highest BCUT2D eigenvalue weighted by molar-refractivity contribution is 5.76. The molecule has 3 saturated carbocycles. The zero-order chi connectivity index (χ0) is 21.0. The van der Waals surface area contributed by atoms with Crippen LogP contribution < -0.4 is 11.1 Å². The van der Waals surface area contributed by atoms with E-state index in [0.717, 1.165) is 32.1 Å². The lowest BCUT2D eigenvalue weighted by Crippen LogP contribution is -2.47. The van der Waals surface area contributed by atoms with E-state index in [1.165, 1.54) is 51.4 Å². The van der Waals surface area contributed by atoms with Crippen LogP contribution in [0.15, 0.2) is 30.3 Å². The Morgan fingerprint density at radius 3 is 2.60 bits per heavy atom. The van der Waals surface area contributed by atoms with Gasteiger partial charge in [0.15, 0.2) is 0 Å². The maximum atomic E-state index is 12.7. The molecular weight excluding hydrogens is 368 g/mol. The highest BCUT2D eigenvalue weighted by Crippen LogP contribution is 2.60. The van der Waals surface area contributed by atoms with Gasteiger partial charge >= 0.3 is 0 Å². The molecule has 1 aromatic carbocycles. The Labute approximate surface area is 183 Å². The molecule has 0 heterocycles. The van der Waals surface area contributed by atoms with E-state index in [-0.39, 0.29) is 5.91 Å². The van der Waals surface area contributed by atoms with E-state index in [0.29, 0.717) is 35.3 Å². The number of nitrogens with two attached hydrogens (primary N) is 1. The first-order valence-electron chi connectivity index (χ1n) is 12.6. The van der Waals surface area contributed by atoms with Crippen molar-refractivity contribution in [3.63, 3.8) is 0 Å². The molecule has 2 bridgehead atoms. The maximum Gasteiger partial charge on any atom is 0.220 e. The minimum Gasteiger partial charge on any atom is -0.353 e. The fraction of sp³-hybridized carbons (Fsp3) is 0.741. The van der Waals surface area contributed by atoms with Crippen molar-refractivity contribution in [2.75, 3.05) is 0 Å². The average Bonchev–Trinajstić information content (AvgIpc) is 2.74. The van der Waals surface area contributed by atoms with Gasteiger partial charge in [-0.25, -0.2) is 0 Å². The van der Waals surface area contributed by atoms with Crippen LogP contribution in [0, 0.1) is 11.3 Å². The summed E-state index contributed by atoms with van der Waals surface area (Å²) in [5, 5.41) is 3.31. The minimum absolute atomic E-state index is 0.268. The zero-order valence-corrected chi connectivity index (χ0v) is 19.0. The molecule has 1 unspecified atom stereocenters. The van der Waals surface area contributed by atoms with E-state index in [2.05, 4.69) is 42.6 Å². The van der Waals surface area contributed by atoms with Crippen molar-refractivity contribution in [2.45, 2.75) is 114 Å². The largest absolute Gasteiger partial charge is 0.353 e. The summed E-state index contributed by atoms with van der Waals surface area (Å²) in [6.45, 7) is 2.35. The van der Waals surface area contributed by atoms with E-state index in [1.807, 2.05) is 0 Å². The van der Waals surface area contributed by atoms with E-state index in [9.17, 15) is 4.79 Å². The molecule has 3 atom stereocenters. The predicted octanol–water partition coefficient (Wildman–Crippen LogP) is 5.86. The van der Waals surface area contributed by atoms with Crippen molar-refractivity contribution in [3.05, 3.63) is 35.9 Å². The van der Waals surface area contributed by atoms with Gasteiger partial charge in [0.2, 0.25) is 5.91 Å². The summed E-state index contributed by atoms with van der Waals surface area (Å²) >= 11 is 0. The highest BCUT2D eigenvalue weighted by atomic mass is 16.1. The standard InChI is InChI=1S/C27H42N2O/c1-2-15-26-16-6-17-27(20-26,22-7-4-3-5-8-22)19-21(18-26)9-14-25(30)29-24-12-10-23(28)11-13-24/h3-5,7-8,21,23-24H,2,6,9-20,28H2,1H3,(H,29,30)/t21?,23-,24+,26-,27-/m1/s1. The predicted molar refractivity (Wildman–Crippen MR) is 124 cm³/mol. The Hall–Kier alpha value is -1.35. The third kappa shape index (κ3) is 4.93. The second-order valence-electron chi connectivity index (χ2n) is 10.9. The molecule has 0 spiro atoms. The first-order chi connectivity index (χ1) is 14.5. The third-order valence-electron chi connectivity index (χ3n) is 8.56. The van der Waals surface area contributed by atoms with Crippen molar-refractivity contribution in [3.8, 4) is 0 Å². The molecule has 166 valence electrons. The van der Waals surface area contributed by atoms with Crippen molar-refractivity contribution >= 4 is 5.91 Å². The van der Waals surface area contributed by atoms with Crippen LogP contribution in [0.4, 0.5) is 0 Å². The quantitative estimate of drug-likeness (QED) is 0.591. The van der Waals surface area contributed by atoms with Gasteiger partial charge in [0, 0.05) is 18.5 Å². The van der Waals surface area contributed by atoms with Crippen LogP contribution in [0.3, 0.4) is 0 Å². The molecule has 30 heavy (non-hydrogen) atoms. The van der Waals surface area contributed by atoms with Gasteiger partial charge in [-0.2, -0.15) is 0 Å². The van der Waals surface area contributed by atoms with Crippen LogP contribution in [-0.4, -0.2) is 18.0 Å². The van der Waals surface area contributed by atoms with Gasteiger partial charge in [-0.3, -0.25) is 4.79 Å². The number of hydrogen-bond donors (Lipinski definition) is 2. The molecule has 0 saturated heterocycles. The van der Waals surface area contributed by atoms with E-state index >= 15 is 0 Å². The number of carbonyl (C=O) groups is 1. The van der Waals surface area contributed by atoms with Gasteiger partial charge in [0.1, 0.15) is 0 Å². The molecule has 3 aliphatic rings. The number of benzene rings is 1. The summed E-state index contributed by atoms with van der Waals surface area (Å²) in [4.78, 5) is 12.7. The first-order valence-corrected chi connectivity index (χ1v) is 12.6. The van der Waals surface area contributed by atoms with Crippen LogP contribution in [0.5, 0.6) is 0 Å². The second-order valence-corrected chi connectivity index (χ2v) is 10.9. The Morgan fingerprint density at radius 1 is 1.10 bits per heavy atom. The normalized spacial score (nSPS) is 36.3. The molecule has 3 aliphatic carbocycles. The summed E-state index contributed by atoms with van der Waals surface area (Å²) in [5.74, 6) is 0.945. The van der Waals surface area contributed by atoms with Gasteiger partial charge in [-0.1, -0.05) is 50.1 Å². The fourth-order valence-electron chi connectivity index (χ4n) is 7.39. The van der Waals surface area contributed by atoms with Gasteiger partial charge in [0.25, 0.3) is 0 Å². The van der Waals surface area contributed by atoms with E-state index in [4.69, 9.17) is 5.73 Å². The Morgan fingerprint density at radius 2 is 1.87 bits per heavy atom. The summed E-state index contributed by atoms with van der Waals surface area (Å²) in [6.07, 6.45) is 16.6. The van der Waals surface area contributed by atoms with Crippen molar-refractivity contribution in [2.24, 2.45) is 17.1 Å².